The first kappa shape index (κ1) is 25.2. The average Bonchev–Trinajstić information content (AvgIpc) is 3.07. The Labute approximate surface area is 206 Å². The van der Waals surface area contributed by atoms with Crippen LogP contribution in [0.15, 0.2) is 35.2 Å². The maximum atomic E-state index is 13.3. The molecule has 2 aliphatic rings. The van der Waals surface area contributed by atoms with Gasteiger partial charge >= 0.3 is 6.36 Å². The van der Waals surface area contributed by atoms with E-state index in [-0.39, 0.29) is 27.0 Å². The number of amides is 2. The first-order valence-electron chi connectivity index (χ1n) is 11.1. The molecule has 2 amide bonds. The Bertz CT molecular complexity index is 1250. The molecule has 35 heavy (non-hydrogen) atoms. The lowest BCUT2D eigenvalue weighted by atomic mass is 9.62. The van der Waals surface area contributed by atoms with E-state index in [2.05, 4.69) is 37.7 Å². The van der Waals surface area contributed by atoms with Crippen LogP contribution in [0.25, 0.3) is 17.2 Å². The van der Waals surface area contributed by atoms with Crippen molar-refractivity contribution in [1.82, 2.24) is 5.32 Å². The minimum Gasteiger partial charge on any atom is -0.496 e. The van der Waals surface area contributed by atoms with Gasteiger partial charge in [-0.25, -0.2) is 0 Å². The smallest absolute Gasteiger partial charge is 0.496 e. The van der Waals surface area contributed by atoms with Gasteiger partial charge in [0.2, 0.25) is 0 Å². The summed E-state index contributed by atoms with van der Waals surface area (Å²) in [6.07, 6.45) is -1.54. The lowest BCUT2D eigenvalue weighted by Gasteiger charge is -2.42. The van der Waals surface area contributed by atoms with Gasteiger partial charge in [-0.3, -0.25) is 14.9 Å². The molecule has 0 unspecified atom stereocenters. The molecule has 0 atom stereocenters. The van der Waals surface area contributed by atoms with Crippen LogP contribution in [0.1, 0.15) is 57.2 Å². The summed E-state index contributed by atoms with van der Waals surface area (Å²) in [4.78, 5) is 23.7. The fraction of sp³-hybridized carbons (Fsp3) is 0.385. The van der Waals surface area contributed by atoms with E-state index >= 15 is 0 Å². The number of nitrogens with one attached hydrogen (secondary N) is 1. The monoisotopic (exact) mass is 505 g/mol. The molecule has 1 fully saturated rings. The molecule has 5 nitrogen and oxygen atoms in total. The van der Waals surface area contributed by atoms with Crippen molar-refractivity contribution in [2.45, 2.75) is 57.7 Å². The van der Waals surface area contributed by atoms with Gasteiger partial charge in [0.05, 0.1) is 12.0 Å². The largest absolute Gasteiger partial charge is 0.573 e. The van der Waals surface area contributed by atoms with Gasteiger partial charge < -0.3 is 9.47 Å². The number of hydrogen-bond donors (Lipinski definition) is 1. The third-order valence-corrected chi connectivity index (χ3v) is 7.44. The molecule has 2 aromatic rings. The molecule has 1 saturated heterocycles. The quantitative estimate of drug-likeness (QED) is 0.457. The lowest BCUT2D eigenvalue weighted by molar-refractivity contribution is -0.274. The van der Waals surface area contributed by atoms with E-state index in [0.717, 1.165) is 35.7 Å². The van der Waals surface area contributed by atoms with Crippen LogP contribution in [0, 0.1) is 0 Å². The Morgan fingerprint density at radius 2 is 1.54 bits per heavy atom. The number of hydrogen-bond acceptors (Lipinski definition) is 5. The first-order chi connectivity index (χ1) is 16.2. The molecular weight excluding hydrogens is 479 g/mol. The Kier molecular flexibility index (Phi) is 6.20. The number of carbonyl (C=O) groups is 2. The number of thioether (sulfide) groups is 1. The topological polar surface area (TPSA) is 64.6 Å². The van der Waals surface area contributed by atoms with Crippen LogP contribution in [0.5, 0.6) is 11.5 Å². The highest BCUT2D eigenvalue weighted by Crippen LogP contribution is 2.50. The fourth-order valence-electron chi connectivity index (χ4n) is 4.61. The molecule has 0 saturated carbocycles. The molecule has 0 bridgehead atoms. The predicted molar refractivity (Wildman–Crippen MR) is 130 cm³/mol. The Hall–Kier alpha value is -2.94. The van der Waals surface area contributed by atoms with Crippen molar-refractivity contribution in [3.05, 3.63) is 51.9 Å². The average molecular weight is 506 g/mol. The fourth-order valence-corrected chi connectivity index (χ4v) is 5.29. The summed E-state index contributed by atoms with van der Waals surface area (Å²) in [5.41, 5.74) is 2.91. The summed E-state index contributed by atoms with van der Waals surface area (Å²) in [6, 6.07) is 7.93. The summed E-state index contributed by atoms with van der Waals surface area (Å²) < 4.78 is 49.9. The van der Waals surface area contributed by atoms with Crippen molar-refractivity contribution in [1.29, 1.82) is 0 Å². The van der Waals surface area contributed by atoms with Gasteiger partial charge in [0.25, 0.3) is 11.1 Å². The number of ether oxygens (including phenoxy) is 2. The van der Waals surface area contributed by atoms with Gasteiger partial charge in [0.15, 0.2) is 0 Å². The maximum absolute atomic E-state index is 13.3. The van der Waals surface area contributed by atoms with Crippen LogP contribution < -0.4 is 14.8 Å². The zero-order chi connectivity index (χ0) is 25.8. The molecule has 0 aromatic heterocycles. The highest BCUT2D eigenvalue weighted by molar-refractivity contribution is 8.18. The van der Waals surface area contributed by atoms with Gasteiger partial charge in [-0.05, 0) is 82.5 Å². The Morgan fingerprint density at radius 3 is 2.09 bits per heavy atom. The minimum absolute atomic E-state index is 0.117. The normalized spacial score (nSPS) is 19.9. The van der Waals surface area contributed by atoms with Crippen LogP contribution >= 0.6 is 11.8 Å². The number of methoxy groups -OCH3 is 1. The second kappa shape index (κ2) is 8.62. The predicted octanol–water partition coefficient (Wildman–Crippen LogP) is 6.93. The standard InChI is InChI=1S/C26H26F3NO4S/c1-24(2)8-9-25(3,4)18-13-20(33-5)16(12-17(18)24)15-10-14(6-7-19(15)34-26(27,28)29)11-21-22(31)30-23(32)35-21/h6-7,10-13H,8-9H2,1-5H3,(H,30,31,32). The molecule has 9 heteroatoms. The molecule has 1 heterocycles. The van der Waals surface area contributed by atoms with Crippen LogP contribution in [-0.2, 0) is 15.6 Å². The van der Waals surface area contributed by atoms with E-state index in [4.69, 9.17) is 4.74 Å². The molecule has 4 rings (SSSR count). The molecule has 2 aromatic carbocycles. The summed E-state index contributed by atoms with van der Waals surface area (Å²) in [5.74, 6) is -0.507. The van der Waals surface area contributed by atoms with Crippen molar-refractivity contribution >= 4 is 29.0 Å². The third kappa shape index (κ3) is 5.05. The van der Waals surface area contributed by atoms with E-state index in [1.807, 2.05) is 12.1 Å². The third-order valence-electron chi connectivity index (χ3n) is 6.63. The second-order valence-electron chi connectivity index (χ2n) is 10.0. The molecule has 1 aliphatic carbocycles. The van der Waals surface area contributed by atoms with E-state index < -0.39 is 17.5 Å². The van der Waals surface area contributed by atoms with Gasteiger partial charge in [-0.1, -0.05) is 33.8 Å². The van der Waals surface area contributed by atoms with Crippen molar-refractivity contribution < 1.29 is 32.2 Å². The Morgan fingerprint density at radius 1 is 0.943 bits per heavy atom. The van der Waals surface area contributed by atoms with Crippen LogP contribution in [-0.4, -0.2) is 24.6 Å². The number of alkyl halides is 3. The van der Waals surface area contributed by atoms with Crippen molar-refractivity contribution in [3.8, 4) is 22.6 Å². The molecular formula is C26H26F3NO4S. The van der Waals surface area contributed by atoms with Gasteiger partial charge in [-0.15, -0.1) is 13.2 Å². The number of imide groups is 1. The number of carbonyl (C=O) groups excluding carboxylic acids is 2. The van der Waals surface area contributed by atoms with E-state index in [1.165, 1.54) is 31.4 Å². The van der Waals surface area contributed by atoms with Crippen molar-refractivity contribution in [2.75, 3.05) is 7.11 Å². The minimum atomic E-state index is -4.90. The molecule has 1 aliphatic heterocycles. The maximum Gasteiger partial charge on any atom is 0.573 e. The van der Waals surface area contributed by atoms with Crippen molar-refractivity contribution in [3.63, 3.8) is 0 Å². The van der Waals surface area contributed by atoms with Gasteiger partial charge in [0, 0.05) is 11.1 Å². The van der Waals surface area contributed by atoms with Gasteiger partial charge in [-0.2, -0.15) is 0 Å². The molecule has 186 valence electrons. The SMILES string of the molecule is COc1cc2c(cc1-c1cc(C=C3SC(=O)NC3=O)ccc1OC(F)(F)F)C(C)(C)CCC2(C)C. The Balaban J connectivity index is 1.94. The highest BCUT2D eigenvalue weighted by Gasteiger charge is 2.39. The molecule has 0 spiro atoms. The summed E-state index contributed by atoms with van der Waals surface area (Å²) in [7, 11) is 1.48. The number of halogens is 3. The molecule has 1 N–H and O–H groups in total. The number of fused-ring (bicyclic) bond motifs is 1. The first-order valence-corrected chi connectivity index (χ1v) is 11.9. The summed E-state index contributed by atoms with van der Waals surface area (Å²) in [5, 5.41) is 1.67. The van der Waals surface area contributed by atoms with Crippen molar-refractivity contribution in [2.24, 2.45) is 0 Å². The van der Waals surface area contributed by atoms with Gasteiger partial charge in [0.1, 0.15) is 11.5 Å². The van der Waals surface area contributed by atoms with E-state index in [0.29, 0.717) is 16.9 Å². The molecule has 0 radical (unpaired) electrons. The number of rotatable bonds is 4. The van der Waals surface area contributed by atoms with Crippen LogP contribution in [0.4, 0.5) is 18.0 Å². The van der Waals surface area contributed by atoms with E-state index in [1.54, 1.807) is 0 Å². The van der Waals surface area contributed by atoms with E-state index in [9.17, 15) is 22.8 Å². The summed E-state index contributed by atoms with van der Waals surface area (Å²) in [6.45, 7) is 8.55. The summed E-state index contributed by atoms with van der Waals surface area (Å²) >= 11 is 0.736. The van der Waals surface area contributed by atoms with Crippen LogP contribution in [0.3, 0.4) is 0 Å². The highest BCUT2D eigenvalue weighted by atomic mass is 32.2. The van der Waals surface area contributed by atoms with Crippen LogP contribution in [0.2, 0.25) is 0 Å². The zero-order valence-corrected chi connectivity index (χ0v) is 20.9. The number of benzene rings is 2. The second-order valence-corrected chi connectivity index (χ2v) is 11.0. The zero-order valence-electron chi connectivity index (χ0n) is 20.1. The lowest BCUT2D eigenvalue weighted by Crippen LogP contribution is -2.33.